The van der Waals surface area contributed by atoms with Crippen LogP contribution in [0.5, 0.6) is 0 Å². The van der Waals surface area contributed by atoms with Crippen molar-refractivity contribution in [2.75, 3.05) is 11.1 Å². The number of nitriles is 1. The number of rotatable bonds is 5. The van der Waals surface area contributed by atoms with Crippen LogP contribution < -0.4 is 11.0 Å². The molecule has 2 aromatic rings. The Morgan fingerprint density at radius 2 is 2.29 bits per heavy atom. The number of aromatic nitrogens is 3. The van der Waals surface area contributed by atoms with Gasteiger partial charge >= 0.3 is 5.69 Å². The summed E-state index contributed by atoms with van der Waals surface area (Å²) in [4.78, 5) is 23.0. The number of para-hydroxylation sites is 1. The van der Waals surface area contributed by atoms with E-state index in [-0.39, 0.29) is 18.0 Å². The predicted octanol–water partition coefficient (Wildman–Crippen LogP) is 1.10. The largest absolute Gasteiger partial charge is 0.343 e. The van der Waals surface area contributed by atoms with Crippen LogP contribution in [-0.2, 0) is 11.8 Å². The zero-order valence-electron chi connectivity index (χ0n) is 11.3. The average Bonchev–Trinajstić information content (AvgIpc) is 2.80. The third-order valence-electron chi connectivity index (χ3n) is 2.72. The standard InChI is InChI=1S/C13H13N5O2S/c1-18-12(20)16-17-13(18)21-7-6-11(19)15-10-5-3-2-4-9(10)8-14/h2-5H,6-7H2,1H3,(H,15,19)(H,16,20). The van der Waals surface area contributed by atoms with Gasteiger partial charge in [0.15, 0.2) is 5.16 Å². The topological polar surface area (TPSA) is 104 Å². The number of nitrogens with one attached hydrogen (secondary N) is 2. The minimum atomic E-state index is -0.287. The molecular formula is C13H13N5O2S. The number of hydrogen-bond acceptors (Lipinski definition) is 5. The van der Waals surface area contributed by atoms with Crippen LogP contribution in [0.3, 0.4) is 0 Å². The quantitative estimate of drug-likeness (QED) is 0.805. The average molecular weight is 303 g/mol. The first-order valence-electron chi connectivity index (χ1n) is 6.15. The van der Waals surface area contributed by atoms with E-state index in [9.17, 15) is 9.59 Å². The number of aromatic amines is 1. The molecule has 0 bridgehead atoms. The third-order valence-corrected chi connectivity index (χ3v) is 3.75. The number of carbonyl (C=O) groups is 1. The maximum absolute atomic E-state index is 11.8. The molecule has 1 heterocycles. The molecule has 0 aliphatic rings. The highest BCUT2D eigenvalue weighted by molar-refractivity contribution is 7.99. The van der Waals surface area contributed by atoms with E-state index in [0.717, 1.165) is 0 Å². The molecule has 7 nitrogen and oxygen atoms in total. The van der Waals surface area contributed by atoms with Crippen molar-refractivity contribution in [2.45, 2.75) is 11.6 Å². The lowest BCUT2D eigenvalue weighted by Gasteiger charge is -2.06. The zero-order valence-corrected chi connectivity index (χ0v) is 12.1. The molecule has 0 atom stereocenters. The number of benzene rings is 1. The van der Waals surface area contributed by atoms with E-state index in [0.29, 0.717) is 22.2 Å². The van der Waals surface area contributed by atoms with E-state index in [1.165, 1.54) is 16.3 Å². The molecular weight excluding hydrogens is 290 g/mol. The van der Waals surface area contributed by atoms with Gasteiger partial charge in [0.05, 0.1) is 11.3 Å². The Bertz CT molecular complexity index is 744. The summed E-state index contributed by atoms with van der Waals surface area (Å²) in [6.07, 6.45) is 0.255. The van der Waals surface area contributed by atoms with Crippen molar-refractivity contribution in [1.29, 1.82) is 5.26 Å². The Balaban J connectivity index is 1.87. The molecule has 0 fully saturated rings. The van der Waals surface area contributed by atoms with Gasteiger partial charge in [-0.15, -0.1) is 5.10 Å². The van der Waals surface area contributed by atoms with Gasteiger partial charge < -0.3 is 5.32 Å². The van der Waals surface area contributed by atoms with Crippen molar-refractivity contribution in [3.63, 3.8) is 0 Å². The molecule has 21 heavy (non-hydrogen) atoms. The van der Waals surface area contributed by atoms with Gasteiger partial charge in [-0.05, 0) is 12.1 Å². The summed E-state index contributed by atoms with van der Waals surface area (Å²) in [5.41, 5.74) is 0.639. The predicted molar refractivity (Wildman–Crippen MR) is 79.0 cm³/mol. The van der Waals surface area contributed by atoms with Crippen LogP contribution in [0.2, 0.25) is 0 Å². The number of nitrogens with zero attached hydrogens (tertiary/aromatic N) is 3. The van der Waals surface area contributed by atoms with Crippen LogP contribution in [0, 0.1) is 11.3 Å². The first-order valence-corrected chi connectivity index (χ1v) is 7.13. The Hall–Kier alpha value is -2.53. The zero-order chi connectivity index (χ0) is 15.2. The van der Waals surface area contributed by atoms with E-state index in [4.69, 9.17) is 5.26 Å². The molecule has 0 aliphatic carbocycles. The lowest BCUT2D eigenvalue weighted by molar-refractivity contribution is -0.115. The Morgan fingerprint density at radius 3 is 2.95 bits per heavy atom. The molecule has 108 valence electrons. The molecule has 8 heteroatoms. The van der Waals surface area contributed by atoms with Crippen LogP contribution >= 0.6 is 11.8 Å². The Kier molecular flexibility index (Phi) is 4.79. The number of hydrogen-bond donors (Lipinski definition) is 2. The monoisotopic (exact) mass is 303 g/mol. The van der Waals surface area contributed by atoms with Crippen molar-refractivity contribution in [3.8, 4) is 6.07 Å². The third kappa shape index (κ3) is 3.73. The fraction of sp³-hybridized carbons (Fsp3) is 0.231. The van der Waals surface area contributed by atoms with Gasteiger partial charge in [-0.25, -0.2) is 9.89 Å². The van der Waals surface area contributed by atoms with Crippen molar-refractivity contribution in [3.05, 3.63) is 40.3 Å². The molecule has 0 saturated heterocycles. The number of H-pyrrole nitrogens is 1. The number of thioether (sulfide) groups is 1. The summed E-state index contributed by atoms with van der Waals surface area (Å²) in [5, 5.41) is 18.3. The number of amides is 1. The van der Waals surface area contributed by atoms with E-state index < -0.39 is 0 Å². The normalized spacial score (nSPS) is 10.1. The lowest BCUT2D eigenvalue weighted by Crippen LogP contribution is -2.14. The van der Waals surface area contributed by atoms with Crippen molar-refractivity contribution >= 4 is 23.4 Å². The smallest absolute Gasteiger partial charge is 0.325 e. The van der Waals surface area contributed by atoms with Gasteiger partial charge in [0.2, 0.25) is 5.91 Å². The highest BCUT2D eigenvalue weighted by Gasteiger charge is 2.08. The van der Waals surface area contributed by atoms with Gasteiger partial charge in [0.1, 0.15) is 6.07 Å². The van der Waals surface area contributed by atoms with Crippen molar-refractivity contribution in [1.82, 2.24) is 14.8 Å². The fourth-order valence-electron chi connectivity index (χ4n) is 1.60. The second-order valence-electron chi connectivity index (χ2n) is 4.17. The van der Waals surface area contributed by atoms with Gasteiger partial charge in [-0.1, -0.05) is 23.9 Å². The first-order chi connectivity index (χ1) is 10.1. The highest BCUT2D eigenvalue weighted by Crippen LogP contribution is 2.16. The fourth-order valence-corrected chi connectivity index (χ4v) is 2.46. The van der Waals surface area contributed by atoms with Crippen LogP contribution in [0.25, 0.3) is 0 Å². The van der Waals surface area contributed by atoms with E-state index in [1.54, 1.807) is 31.3 Å². The molecule has 2 rings (SSSR count). The lowest BCUT2D eigenvalue weighted by atomic mass is 10.2. The summed E-state index contributed by atoms with van der Waals surface area (Å²) in [6.45, 7) is 0. The van der Waals surface area contributed by atoms with E-state index in [2.05, 4.69) is 15.5 Å². The maximum Gasteiger partial charge on any atom is 0.343 e. The van der Waals surface area contributed by atoms with Gasteiger partial charge in [-0.3, -0.25) is 9.36 Å². The summed E-state index contributed by atoms with van der Waals surface area (Å²) in [6, 6.07) is 8.84. The second kappa shape index (κ2) is 6.76. The summed E-state index contributed by atoms with van der Waals surface area (Å²) in [5.74, 6) is 0.296. The van der Waals surface area contributed by atoms with E-state index in [1.807, 2.05) is 6.07 Å². The summed E-state index contributed by atoms with van der Waals surface area (Å²) in [7, 11) is 1.61. The van der Waals surface area contributed by atoms with Gasteiger partial charge in [-0.2, -0.15) is 5.26 Å². The molecule has 1 amide bonds. The Morgan fingerprint density at radius 1 is 1.52 bits per heavy atom. The first kappa shape index (κ1) is 14.9. The number of anilines is 1. The maximum atomic E-state index is 11.8. The minimum Gasteiger partial charge on any atom is -0.325 e. The molecule has 1 aromatic carbocycles. The van der Waals surface area contributed by atoms with Crippen LogP contribution in [0.4, 0.5) is 5.69 Å². The molecule has 1 aromatic heterocycles. The molecule has 0 radical (unpaired) electrons. The SMILES string of the molecule is Cn1c(SCCC(=O)Nc2ccccc2C#N)n[nH]c1=O. The summed E-state index contributed by atoms with van der Waals surface area (Å²) >= 11 is 1.31. The molecule has 0 spiro atoms. The van der Waals surface area contributed by atoms with Gasteiger partial charge in [0.25, 0.3) is 0 Å². The molecule has 2 N–H and O–H groups in total. The molecule has 0 aliphatic heterocycles. The van der Waals surface area contributed by atoms with Crippen LogP contribution in [-0.4, -0.2) is 26.4 Å². The molecule has 0 saturated carbocycles. The van der Waals surface area contributed by atoms with Crippen LogP contribution in [0.15, 0.2) is 34.2 Å². The second-order valence-corrected chi connectivity index (χ2v) is 5.24. The number of carbonyl (C=O) groups excluding carboxylic acids is 1. The summed E-state index contributed by atoms with van der Waals surface area (Å²) < 4.78 is 1.38. The highest BCUT2D eigenvalue weighted by atomic mass is 32.2. The van der Waals surface area contributed by atoms with E-state index >= 15 is 0 Å². The molecule has 0 unspecified atom stereocenters. The van der Waals surface area contributed by atoms with Crippen molar-refractivity contribution in [2.24, 2.45) is 7.05 Å². The van der Waals surface area contributed by atoms with Crippen LogP contribution in [0.1, 0.15) is 12.0 Å². The minimum absolute atomic E-state index is 0.189. The van der Waals surface area contributed by atoms with Crippen molar-refractivity contribution < 1.29 is 4.79 Å². The van der Waals surface area contributed by atoms with Gasteiger partial charge in [0, 0.05) is 19.2 Å². The Labute approximate surface area is 125 Å².